The van der Waals surface area contributed by atoms with Crippen LogP contribution >= 0.6 is 22.7 Å². The van der Waals surface area contributed by atoms with Crippen LogP contribution in [0.5, 0.6) is 0 Å². The fraction of sp³-hybridized carbons (Fsp3) is 0.286. The van der Waals surface area contributed by atoms with Crippen LogP contribution in [0.15, 0.2) is 39.2 Å². The number of amides is 2. The largest absolute Gasteiger partial charge is 0.348 e. The van der Waals surface area contributed by atoms with E-state index in [1.165, 1.54) is 17.4 Å². The smallest absolute Gasteiger partial charge is 0.309 e. The molecule has 0 bridgehead atoms. The molecule has 0 spiro atoms. The molecule has 0 aromatic carbocycles. The number of hydrogen-bond acceptors (Lipinski definition) is 6. The minimum Gasteiger partial charge on any atom is -0.348 e. The number of carbonyl (C=O) groups is 2. The molecule has 9 heteroatoms. The van der Waals surface area contributed by atoms with Gasteiger partial charge in [0.15, 0.2) is 9.84 Å². The summed E-state index contributed by atoms with van der Waals surface area (Å²) in [6, 6.07) is 6.66. The molecule has 124 valence electrons. The third-order valence-corrected chi connectivity index (χ3v) is 7.65. The highest BCUT2D eigenvalue weighted by Gasteiger charge is 2.31. The standard InChI is InChI=1S/C14H16N2O4S3/c1-2-15-13(17)14(18)16-9-11(10-5-3-7-21-10)23(19,20)12-6-4-8-22-12/h3-8,11H,2,9H2,1H3,(H,15,17)(H,16,18)/t11-/m0/s1. The first-order valence-corrected chi connectivity index (χ1v) is 10.1. The summed E-state index contributed by atoms with van der Waals surface area (Å²) in [5, 5.41) is 7.32. The average Bonchev–Trinajstić information content (AvgIpc) is 3.21. The Labute approximate surface area is 142 Å². The molecular weight excluding hydrogens is 356 g/mol. The first kappa shape index (κ1) is 17.6. The molecule has 0 unspecified atom stereocenters. The minimum atomic E-state index is -3.63. The van der Waals surface area contributed by atoms with Gasteiger partial charge in [-0.05, 0) is 29.8 Å². The molecule has 6 nitrogen and oxygen atoms in total. The number of nitrogens with one attached hydrogen (secondary N) is 2. The van der Waals surface area contributed by atoms with E-state index in [9.17, 15) is 18.0 Å². The molecule has 0 radical (unpaired) electrons. The molecule has 0 aliphatic carbocycles. The second-order valence-corrected chi connectivity index (χ2v) is 8.83. The third kappa shape index (κ3) is 4.18. The Balaban J connectivity index is 2.20. The van der Waals surface area contributed by atoms with Crippen LogP contribution in [0.4, 0.5) is 0 Å². The van der Waals surface area contributed by atoms with E-state index in [0.29, 0.717) is 11.4 Å². The van der Waals surface area contributed by atoms with Crippen molar-refractivity contribution in [2.24, 2.45) is 0 Å². The summed E-state index contributed by atoms with van der Waals surface area (Å²) in [5.41, 5.74) is 0. The van der Waals surface area contributed by atoms with E-state index >= 15 is 0 Å². The Bertz CT molecular complexity index is 752. The van der Waals surface area contributed by atoms with Gasteiger partial charge in [0.05, 0.1) is 0 Å². The lowest BCUT2D eigenvalue weighted by atomic mass is 10.3. The second-order valence-electron chi connectivity index (χ2n) is 4.55. The van der Waals surface area contributed by atoms with Gasteiger partial charge < -0.3 is 10.6 Å². The lowest BCUT2D eigenvalue weighted by Crippen LogP contribution is -2.42. The van der Waals surface area contributed by atoms with E-state index < -0.39 is 26.9 Å². The van der Waals surface area contributed by atoms with Crippen molar-refractivity contribution in [1.82, 2.24) is 10.6 Å². The minimum absolute atomic E-state index is 0.156. The highest BCUT2D eigenvalue weighted by molar-refractivity contribution is 7.93. The van der Waals surface area contributed by atoms with Crippen LogP contribution in [0.25, 0.3) is 0 Å². The molecule has 2 N–H and O–H groups in total. The summed E-state index contributed by atoms with van der Waals surface area (Å²) in [7, 11) is -3.63. The average molecular weight is 372 g/mol. The molecule has 0 aliphatic rings. The van der Waals surface area contributed by atoms with Gasteiger partial charge in [0.2, 0.25) is 0 Å². The van der Waals surface area contributed by atoms with Gasteiger partial charge in [-0.15, -0.1) is 22.7 Å². The second kappa shape index (κ2) is 7.71. The zero-order chi connectivity index (χ0) is 16.9. The Morgan fingerprint density at radius 1 is 1.09 bits per heavy atom. The quantitative estimate of drug-likeness (QED) is 0.753. The monoisotopic (exact) mass is 372 g/mol. The summed E-state index contributed by atoms with van der Waals surface area (Å²) in [4.78, 5) is 23.8. The summed E-state index contributed by atoms with van der Waals surface area (Å²) < 4.78 is 25.8. The fourth-order valence-electron chi connectivity index (χ4n) is 1.91. The van der Waals surface area contributed by atoms with Gasteiger partial charge in [0, 0.05) is 18.0 Å². The third-order valence-electron chi connectivity index (χ3n) is 3.00. The van der Waals surface area contributed by atoms with Crippen molar-refractivity contribution in [2.45, 2.75) is 16.4 Å². The van der Waals surface area contributed by atoms with Crippen molar-refractivity contribution >= 4 is 44.3 Å². The number of likely N-dealkylation sites (N-methyl/N-ethyl adjacent to an activating group) is 1. The van der Waals surface area contributed by atoms with E-state index in [4.69, 9.17) is 0 Å². The number of carbonyl (C=O) groups excluding carboxylic acids is 2. The Morgan fingerprint density at radius 3 is 2.30 bits per heavy atom. The van der Waals surface area contributed by atoms with Crippen LogP contribution in [-0.4, -0.2) is 33.3 Å². The molecule has 2 aromatic heterocycles. The zero-order valence-corrected chi connectivity index (χ0v) is 14.8. The van der Waals surface area contributed by atoms with Crippen molar-refractivity contribution in [3.8, 4) is 0 Å². The van der Waals surface area contributed by atoms with Crippen molar-refractivity contribution in [3.63, 3.8) is 0 Å². The van der Waals surface area contributed by atoms with Gasteiger partial charge in [0.1, 0.15) is 9.46 Å². The van der Waals surface area contributed by atoms with Crippen LogP contribution in [0.1, 0.15) is 17.1 Å². The molecular formula is C14H16N2O4S3. The topological polar surface area (TPSA) is 92.3 Å². The molecule has 0 aliphatic heterocycles. The maximum atomic E-state index is 12.8. The van der Waals surface area contributed by atoms with Crippen molar-refractivity contribution < 1.29 is 18.0 Å². The molecule has 2 heterocycles. The molecule has 0 saturated carbocycles. The maximum Gasteiger partial charge on any atom is 0.309 e. The highest BCUT2D eigenvalue weighted by atomic mass is 32.2. The Hall–Kier alpha value is -1.71. The summed E-state index contributed by atoms with van der Waals surface area (Å²) in [6.45, 7) is 1.87. The van der Waals surface area contributed by atoms with Gasteiger partial charge in [-0.1, -0.05) is 12.1 Å². The van der Waals surface area contributed by atoms with E-state index in [1.54, 1.807) is 35.9 Å². The lowest BCUT2D eigenvalue weighted by Gasteiger charge is -2.16. The van der Waals surface area contributed by atoms with Crippen molar-refractivity contribution in [3.05, 3.63) is 39.9 Å². The zero-order valence-electron chi connectivity index (χ0n) is 12.3. The van der Waals surface area contributed by atoms with Crippen LogP contribution < -0.4 is 10.6 Å². The maximum absolute atomic E-state index is 12.8. The number of hydrogen-bond donors (Lipinski definition) is 2. The molecule has 0 fully saturated rings. The van der Waals surface area contributed by atoms with Gasteiger partial charge in [-0.3, -0.25) is 9.59 Å². The fourth-order valence-corrected chi connectivity index (χ4v) is 5.90. The highest BCUT2D eigenvalue weighted by Crippen LogP contribution is 2.33. The molecule has 2 aromatic rings. The van der Waals surface area contributed by atoms with Crippen molar-refractivity contribution in [1.29, 1.82) is 0 Å². The summed E-state index contributed by atoms with van der Waals surface area (Å²) in [5.74, 6) is -1.61. The van der Waals surface area contributed by atoms with E-state index in [2.05, 4.69) is 10.6 Å². The van der Waals surface area contributed by atoms with Gasteiger partial charge in [-0.25, -0.2) is 8.42 Å². The Morgan fingerprint density at radius 2 is 1.74 bits per heavy atom. The van der Waals surface area contributed by atoms with E-state index in [-0.39, 0.29) is 10.8 Å². The molecule has 0 saturated heterocycles. The number of thiophene rings is 2. The molecule has 2 rings (SSSR count). The van der Waals surface area contributed by atoms with Gasteiger partial charge in [0.25, 0.3) is 0 Å². The predicted octanol–water partition coefficient (Wildman–Crippen LogP) is 1.58. The summed E-state index contributed by atoms with van der Waals surface area (Å²) in [6.07, 6.45) is 0. The summed E-state index contributed by atoms with van der Waals surface area (Å²) >= 11 is 2.43. The first-order chi connectivity index (χ1) is 11.0. The molecule has 1 atom stereocenters. The predicted molar refractivity (Wildman–Crippen MR) is 90.3 cm³/mol. The van der Waals surface area contributed by atoms with Crippen LogP contribution in [0.2, 0.25) is 0 Å². The van der Waals surface area contributed by atoms with Crippen LogP contribution in [0, 0.1) is 0 Å². The van der Waals surface area contributed by atoms with Crippen LogP contribution in [-0.2, 0) is 19.4 Å². The van der Waals surface area contributed by atoms with Crippen LogP contribution in [0.3, 0.4) is 0 Å². The van der Waals surface area contributed by atoms with E-state index in [1.807, 2.05) is 0 Å². The normalized spacial score (nSPS) is 12.6. The first-order valence-electron chi connectivity index (χ1n) is 6.83. The van der Waals surface area contributed by atoms with Gasteiger partial charge >= 0.3 is 11.8 Å². The number of rotatable bonds is 6. The Kier molecular flexibility index (Phi) is 5.91. The molecule has 2 amide bonds. The number of sulfone groups is 1. The SMILES string of the molecule is CCNC(=O)C(=O)NC[C@@H](c1cccs1)S(=O)(=O)c1cccs1. The molecule has 23 heavy (non-hydrogen) atoms. The van der Waals surface area contributed by atoms with Crippen molar-refractivity contribution in [2.75, 3.05) is 13.1 Å². The lowest BCUT2D eigenvalue weighted by molar-refractivity contribution is -0.139. The van der Waals surface area contributed by atoms with Gasteiger partial charge in [-0.2, -0.15) is 0 Å². The van der Waals surface area contributed by atoms with E-state index in [0.717, 1.165) is 11.3 Å².